The topological polar surface area (TPSA) is 115 Å². The number of carbonyl (C=O) groups excluding carboxylic acids is 1. The molecule has 0 aliphatic carbocycles. The molecular weight excluding hydrogens is 599 g/mol. The molecular formula is C33H39N3O6S2. The first-order valence-electron chi connectivity index (χ1n) is 15.2. The van der Waals surface area contributed by atoms with Crippen molar-refractivity contribution in [1.82, 2.24) is 14.8 Å². The van der Waals surface area contributed by atoms with Gasteiger partial charge in [-0.3, -0.25) is 14.5 Å². The van der Waals surface area contributed by atoms with Gasteiger partial charge < -0.3 is 29.6 Å². The number of H-pyrrole nitrogens is 1. The van der Waals surface area contributed by atoms with E-state index in [1.807, 2.05) is 35.4 Å². The van der Waals surface area contributed by atoms with Crippen LogP contribution in [0.25, 0.3) is 10.2 Å². The molecule has 6 rings (SSSR count). The number of fused-ring (bicyclic) bond motifs is 1. The minimum atomic E-state index is -0.710. The molecule has 4 heterocycles. The molecule has 1 amide bonds. The lowest BCUT2D eigenvalue weighted by atomic mass is 9.89. The number of hydrogen-bond acceptors (Lipinski definition) is 9. The number of aliphatic hydroxyl groups is 1. The molecule has 0 saturated carbocycles. The van der Waals surface area contributed by atoms with E-state index in [0.717, 1.165) is 72.8 Å². The van der Waals surface area contributed by atoms with E-state index in [9.17, 15) is 19.8 Å². The van der Waals surface area contributed by atoms with Gasteiger partial charge in [-0.05, 0) is 68.9 Å². The van der Waals surface area contributed by atoms with E-state index in [-0.39, 0.29) is 22.1 Å². The Labute approximate surface area is 264 Å². The number of aromatic nitrogens is 1. The van der Waals surface area contributed by atoms with Crippen LogP contribution in [0, 0.1) is 6.92 Å². The summed E-state index contributed by atoms with van der Waals surface area (Å²) < 4.78 is 12.9. The van der Waals surface area contributed by atoms with Crippen LogP contribution >= 0.6 is 22.7 Å². The van der Waals surface area contributed by atoms with Crippen LogP contribution in [0.5, 0.6) is 11.5 Å². The summed E-state index contributed by atoms with van der Waals surface area (Å²) >= 11 is 2.62. The van der Waals surface area contributed by atoms with Crippen molar-refractivity contribution in [2.45, 2.75) is 50.7 Å². The number of aromatic hydroxyl groups is 1. The second-order valence-corrected chi connectivity index (χ2v) is 13.9. The molecule has 2 fully saturated rings. The number of thiophene rings is 1. The van der Waals surface area contributed by atoms with Crippen molar-refractivity contribution >= 4 is 38.8 Å². The number of amides is 1. The molecule has 44 heavy (non-hydrogen) atoms. The van der Waals surface area contributed by atoms with Crippen LogP contribution < -0.4 is 9.61 Å². The number of aryl methyl sites for hydroxylation is 2. The Bertz CT molecular complexity index is 1640. The number of thiazole rings is 1. The molecule has 2 aromatic carbocycles. The summed E-state index contributed by atoms with van der Waals surface area (Å²) in [6, 6.07) is 13.3. The van der Waals surface area contributed by atoms with Crippen molar-refractivity contribution in [3.8, 4) is 11.5 Å². The summed E-state index contributed by atoms with van der Waals surface area (Å²) in [5.74, 6) is 0.967. The maximum absolute atomic E-state index is 13.0. The third kappa shape index (κ3) is 7.02. The van der Waals surface area contributed by atoms with Crippen molar-refractivity contribution in [2.24, 2.45) is 0 Å². The summed E-state index contributed by atoms with van der Waals surface area (Å²) in [7, 11) is 0. The largest absolute Gasteiger partial charge is 0.506 e. The third-order valence-corrected chi connectivity index (χ3v) is 10.6. The number of hydrogen-bond donors (Lipinski definition) is 3. The smallest absolute Gasteiger partial charge is 0.305 e. The van der Waals surface area contributed by atoms with Gasteiger partial charge in [0.1, 0.15) is 23.6 Å². The molecule has 9 nitrogen and oxygen atoms in total. The van der Waals surface area contributed by atoms with Crippen molar-refractivity contribution in [3.05, 3.63) is 79.1 Å². The van der Waals surface area contributed by atoms with Crippen LogP contribution in [-0.4, -0.2) is 82.4 Å². The highest BCUT2D eigenvalue weighted by Gasteiger charge is 2.41. The lowest BCUT2D eigenvalue weighted by Gasteiger charge is -2.47. The molecule has 4 aromatic rings. The number of aromatic amines is 1. The van der Waals surface area contributed by atoms with Gasteiger partial charge in [-0.25, -0.2) is 0 Å². The number of nitrogens with one attached hydrogen (secondary N) is 1. The normalized spacial score (nSPS) is 17.7. The van der Waals surface area contributed by atoms with Gasteiger partial charge in [0.25, 0.3) is 5.91 Å². The minimum absolute atomic E-state index is 0.0146. The van der Waals surface area contributed by atoms with Gasteiger partial charge in [0, 0.05) is 42.0 Å². The number of aliphatic hydroxyl groups excluding tert-OH is 1. The average Bonchev–Trinajstić information content (AvgIpc) is 3.64. The zero-order valence-corrected chi connectivity index (χ0v) is 26.6. The standard InChI is InChI=1S/C33H39N3O6S2/c1-22-19-24(20-43-22)31(39)36-16-18-42-33(21-36)11-13-35(14-12-33)15-17-41-25-7-5-23(6-8-25)3-2-4-27(37)26-9-10-28(38)29-30(26)44-32(40)34-29/h5-10,19-20,27,37-38H,2-4,11-18,21H2,1H3,(H,34,40)/t27-/m0/s1. The first kappa shape index (κ1) is 30.8. The number of piperidine rings is 1. The SMILES string of the molecule is Cc1cc(C(=O)N2CCOC3(CCN(CCOc4ccc(CCC[C@H](O)c5ccc(O)c6[nH]c(=O)sc56)cc4)CC3)C2)cs1. The maximum atomic E-state index is 13.0. The summed E-state index contributed by atoms with van der Waals surface area (Å²) in [4.78, 5) is 32.7. The first-order chi connectivity index (χ1) is 21.3. The number of likely N-dealkylation sites (tertiary alicyclic amines) is 1. The predicted molar refractivity (Wildman–Crippen MR) is 173 cm³/mol. The second-order valence-electron chi connectivity index (χ2n) is 11.8. The summed E-state index contributed by atoms with van der Waals surface area (Å²) in [5, 5.41) is 22.7. The number of phenols is 1. The van der Waals surface area contributed by atoms with Crippen molar-refractivity contribution < 1.29 is 24.5 Å². The predicted octanol–water partition coefficient (Wildman–Crippen LogP) is 5.11. The molecule has 234 valence electrons. The Hall–Kier alpha value is -3.22. The van der Waals surface area contributed by atoms with Gasteiger partial charge in [0.15, 0.2) is 0 Å². The number of rotatable bonds is 10. The van der Waals surface area contributed by atoms with Crippen LogP contribution in [0.2, 0.25) is 0 Å². The van der Waals surface area contributed by atoms with Gasteiger partial charge in [-0.15, -0.1) is 11.3 Å². The van der Waals surface area contributed by atoms with Crippen LogP contribution in [0.3, 0.4) is 0 Å². The van der Waals surface area contributed by atoms with Crippen LogP contribution in [-0.2, 0) is 11.2 Å². The van der Waals surface area contributed by atoms with Crippen molar-refractivity contribution in [3.63, 3.8) is 0 Å². The zero-order chi connectivity index (χ0) is 30.7. The lowest BCUT2D eigenvalue weighted by Crippen LogP contribution is -2.58. The van der Waals surface area contributed by atoms with E-state index in [4.69, 9.17) is 9.47 Å². The molecule has 0 radical (unpaired) electrons. The maximum Gasteiger partial charge on any atom is 0.305 e. The van der Waals surface area contributed by atoms with Crippen LogP contribution in [0.1, 0.15) is 58.1 Å². The second kappa shape index (κ2) is 13.4. The molecule has 11 heteroatoms. The van der Waals surface area contributed by atoms with E-state index in [1.165, 1.54) is 11.6 Å². The number of phenolic OH excluding ortho intramolecular Hbond substituents is 1. The summed E-state index contributed by atoms with van der Waals surface area (Å²) in [6.45, 7) is 7.22. The molecule has 0 unspecified atom stereocenters. The van der Waals surface area contributed by atoms with Crippen LogP contribution in [0.15, 0.2) is 52.6 Å². The Morgan fingerprint density at radius 1 is 1.16 bits per heavy atom. The van der Waals surface area contributed by atoms with Crippen molar-refractivity contribution in [1.29, 1.82) is 0 Å². The van der Waals surface area contributed by atoms with Crippen LogP contribution in [0.4, 0.5) is 0 Å². The number of ether oxygens (including phenoxy) is 2. The fourth-order valence-electron chi connectivity index (χ4n) is 6.24. The monoisotopic (exact) mass is 637 g/mol. The fraction of sp³-hybridized carbons (Fsp3) is 0.455. The lowest BCUT2D eigenvalue weighted by molar-refractivity contribution is -0.127. The molecule has 1 atom stereocenters. The zero-order valence-electron chi connectivity index (χ0n) is 24.9. The first-order valence-corrected chi connectivity index (χ1v) is 16.9. The number of nitrogens with zero attached hydrogens (tertiary/aromatic N) is 2. The number of benzene rings is 2. The Morgan fingerprint density at radius 3 is 2.70 bits per heavy atom. The van der Waals surface area contributed by atoms with Gasteiger partial charge in [0.05, 0.1) is 35.1 Å². The van der Waals surface area contributed by atoms with E-state index in [0.29, 0.717) is 48.5 Å². The molecule has 2 aromatic heterocycles. The highest BCUT2D eigenvalue weighted by atomic mass is 32.1. The van der Waals surface area contributed by atoms with E-state index in [1.54, 1.807) is 17.4 Å². The molecule has 1 spiro atoms. The van der Waals surface area contributed by atoms with E-state index in [2.05, 4.69) is 22.0 Å². The quantitative estimate of drug-likeness (QED) is 0.222. The van der Waals surface area contributed by atoms with Gasteiger partial charge in [0.2, 0.25) is 0 Å². The third-order valence-electron chi connectivity index (χ3n) is 8.77. The molecule has 0 bridgehead atoms. The van der Waals surface area contributed by atoms with Gasteiger partial charge in [-0.1, -0.05) is 29.5 Å². The molecule has 2 saturated heterocycles. The fourth-order valence-corrected chi connectivity index (χ4v) is 7.84. The molecule has 2 aliphatic heterocycles. The average molecular weight is 638 g/mol. The molecule has 2 aliphatic rings. The number of morpholine rings is 1. The highest BCUT2D eigenvalue weighted by Crippen LogP contribution is 2.34. The Balaban J connectivity index is 0.910. The van der Waals surface area contributed by atoms with E-state index >= 15 is 0 Å². The Kier molecular flexibility index (Phi) is 9.39. The van der Waals surface area contributed by atoms with Crippen molar-refractivity contribution in [2.75, 3.05) is 45.9 Å². The molecule has 3 N–H and O–H groups in total. The van der Waals surface area contributed by atoms with Gasteiger partial charge in [-0.2, -0.15) is 0 Å². The summed E-state index contributed by atoms with van der Waals surface area (Å²) in [6.07, 6.45) is 3.25. The Morgan fingerprint density at radius 2 is 1.95 bits per heavy atom. The highest BCUT2D eigenvalue weighted by molar-refractivity contribution is 7.16. The van der Waals surface area contributed by atoms with Gasteiger partial charge >= 0.3 is 4.87 Å². The van der Waals surface area contributed by atoms with E-state index < -0.39 is 6.10 Å². The minimum Gasteiger partial charge on any atom is -0.506 e. The summed E-state index contributed by atoms with van der Waals surface area (Å²) in [5.41, 5.74) is 2.76. The number of carbonyl (C=O) groups is 1.